The zero-order valence-electron chi connectivity index (χ0n) is 18.0. The molecule has 0 radical (unpaired) electrons. The van der Waals surface area contributed by atoms with Gasteiger partial charge in [0.15, 0.2) is 11.5 Å². The van der Waals surface area contributed by atoms with Gasteiger partial charge >= 0.3 is 0 Å². The molecule has 29 heavy (non-hydrogen) atoms. The summed E-state index contributed by atoms with van der Waals surface area (Å²) in [7, 11) is 5.66. The van der Waals surface area contributed by atoms with Crippen LogP contribution in [0.3, 0.4) is 0 Å². The first-order valence-electron chi connectivity index (χ1n) is 9.91. The van der Waals surface area contributed by atoms with Crippen molar-refractivity contribution in [1.82, 2.24) is 15.5 Å². The number of hydrogen-bond donors (Lipinski definition) is 2. The summed E-state index contributed by atoms with van der Waals surface area (Å²) >= 11 is 0. The van der Waals surface area contributed by atoms with Gasteiger partial charge in [-0.3, -0.25) is 4.79 Å². The summed E-state index contributed by atoms with van der Waals surface area (Å²) in [6, 6.07) is 5.82. The van der Waals surface area contributed by atoms with Gasteiger partial charge in [0.05, 0.1) is 7.11 Å². The summed E-state index contributed by atoms with van der Waals surface area (Å²) in [6.07, 6.45) is 2.93. The molecule has 1 amide bonds. The Morgan fingerprint density at radius 2 is 1.93 bits per heavy atom. The molecule has 0 aromatic heterocycles. The number of methoxy groups -OCH3 is 1. The maximum Gasteiger partial charge on any atom is 0.220 e. The number of nitrogens with one attached hydrogen (secondary N) is 2. The van der Waals surface area contributed by atoms with Crippen LogP contribution in [-0.4, -0.2) is 58.3 Å². The lowest BCUT2D eigenvalue weighted by Crippen LogP contribution is -2.33. The van der Waals surface area contributed by atoms with Crippen LogP contribution in [0.5, 0.6) is 11.5 Å². The molecule has 0 bridgehead atoms. The monoisotopic (exact) mass is 449 g/mol. The van der Waals surface area contributed by atoms with E-state index in [1.54, 1.807) is 7.11 Å². The third kappa shape index (κ3) is 9.90. The fourth-order valence-corrected chi connectivity index (χ4v) is 3.42. The third-order valence-electron chi connectivity index (χ3n) is 5.21. The molecule has 168 valence electrons. The van der Waals surface area contributed by atoms with E-state index < -0.39 is 0 Å². The van der Waals surface area contributed by atoms with Crippen LogP contribution in [0.2, 0.25) is 0 Å². The van der Waals surface area contributed by atoms with E-state index in [1.807, 2.05) is 32.3 Å². The van der Waals surface area contributed by atoms with Crippen LogP contribution < -0.4 is 20.1 Å². The van der Waals surface area contributed by atoms with Crippen LogP contribution >= 0.6 is 24.8 Å². The predicted molar refractivity (Wildman–Crippen MR) is 123 cm³/mol. The Morgan fingerprint density at radius 3 is 2.55 bits per heavy atom. The first kappa shape index (κ1) is 27.8. The van der Waals surface area contributed by atoms with Crippen molar-refractivity contribution in [2.24, 2.45) is 11.8 Å². The van der Waals surface area contributed by atoms with E-state index in [0.717, 1.165) is 30.9 Å². The van der Waals surface area contributed by atoms with Crippen LogP contribution in [0.25, 0.3) is 0 Å². The maximum atomic E-state index is 12.3. The number of hydrogen-bond acceptors (Lipinski definition) is 5. The Balaban J connectivity index is 0.00000392. The molecule has 1 atom stereocenters. The second-order valence-corrected chi connectivity index (χ2v) is 7.68. The van der Waals surface area contributed by atoms with Gasteiger partial charge in [-0.05, 0) is 69.6 Å². The van der Waals surface area contributed by atoms with Crippen LogP contribution in [0.15, 0.2) is 18.2 Å². The van der Waals surface area contributed by atoms with E-state index in [9.17, 15) is 4.79 Å². The van der Waals surface area contributed by atoms with E-state index in [2.05, 4.69) is 22.5 Å². The number of carbonyl (C=O) groups excluding carboxylic acids is 1. The second-order valence-electron chi connectivity index (χ2n) is 7.68. The Hall–Kier alpha value is -1.21. The number of halogens is 2. The van der Waals surface area contributed by atoms with E-state index in [1.165, 1.54) is 12.8 Å². The minimum atomic E-state index is 0. The number of carbonyl (C=O) groups is 1. The lowest BCUT2D eigenvalue weighted by Gasteiger charge is -2.27. The van der Waals surface area contributed by atoms with Gasteiger partial charge < -0.3 is 25.0 Å². The van der Waals surface area contributed by atoms with Gasteiger partial charge in [0, 0.05) is 19.5 Å². The zero-order chi connectivity index (χ0) is 19.6. The average molecular weight is 450 g/mol. The minimum absolute atomic E-state index is 0. The molecule has 1 unspecified atom stereocenters. The fourth-order valence-electron chi connectivity index (χ4n) is 3.42. The largest absolute Gasteiger partial charge is 0.493 e. The number of benzene rings is 1. The minimum Gasteiger partial charge on any atom is -0.493 e. The molecule has 6 nitrogen and oxygen atoms in total. The quantitative estimate of drug-likeness (QED) is 0.574. The average Bonchev–Trinajstić information content (AvgIpc) is 2.67. The predicted octanol–water partition coefficient (Wildman–Crippen LogP) is 3.12. The number of likely N-dealkylation sites (N-methyl/N-ethyl adjacent to an activating group) is 1. The fraction of sp³-hybridized carbons (Fsp3) is 0.667. The number of piperidine rings is 1. The van der Waals surface area contributed by atoms with E-state index in [-0.39, 0.29) is 30.7 Å². The molecule has 1 aliphatic rings. The van der Waals surface area contributed by atoms with Gasteiger partial charge in [-0.25, -0.2) is 0 Å². The molecule has 0 saturated carbocycles. The molecule has 0 aliphatic carbocycles. The standard InChI is InChI=1S/C21H35N3O3.2ClH/c1-16(18-7-9-22-10-8-18)13-21(25)23-15-17-5-6-19(20(14-17)26-4)27-12-11-24(2)3;;/h5-6,14,16,18,22H,7-13,15H2,1-4H3,(H,23,25);2*1H. The highest BCUT2D eigenvalue weighted by atomic mass is 35.5. The molecular weight excluding hydrogens is 413 g/mol. The van der Waals surface area contributed by atoms with Gasteiger partial charge in [-0.1, -0.05) is 13.0 Å². The number of ether oxygens (including phenoxy) is 2. The maximum absolute atomic E-state index is 12.3. The molecule has 1 aliphatic heterocycles. The van der Waals surface area contributed by atoms with Gasteiger partial charge in [0.1, 0.15) is 6.61 Å². The Kier molecular flexibility index (Phi) is 14.1. The van der Waals surface area contributed by atoms with Crippen molar-refractivity contribution in [2.75, 3.05) is 47.4 Å². The van der Waals surface area contributed by atoms with Crippen LogP contribution in [0.4, 0.5) is 0 Å². The van der Waals surface area contributed by atoms with Crippen molar-refractivity contribution >= 4 is 30.7 Å². The van der Waals surface area contributed by atoms with Crippen molar-refractivity contribution in [3.8, 4) is 11.5 Å². The van der Waals surface area contributed by atoms with Crippen LogP contribution in [0, 0.1) is 11.8 Å². The summed E-state index contributed by atoms with van der Waals surface area (Å²) in [4.78, 5) is 14.4. The summed E-state index contributed by atoms with van der Waals surface area (Å²) in [5.74, 6) is 2.62. The molecule has 0 spiro atoms. The van der Waals surface area contributed by atoms with Crippen LogP contribution in [0.1, 0.15) is 31.7 Å². The molecule has 2 rings (SSSR count). The highest BCUT2D eigenvalue weighted by Crippen LogP contribution is 2.28. The molecular formula is C21H37Cl2N3O3. The summed E-state index contributed by atoms with van der Waals surface area (Å²) < 4.78 is 11.2. The molecule has 1 aromatic carbocycles. The SMILES string of the molecule is COc1cc(CNC(=O)CC(C)C2CCNCC2)ccc1OCCN(C)C.Cl.Cl. The number of amides is 1. The topological polar surface area (TPSA) is 62.8 Å². The highest BCUT2D eigenvalue weighted by Gasteiger charge is 2.21. The Bertz CT molecular complexity index is 597. The normalized spacial score (nSPS) is 15.1. The van der Waals surface area contributed by atoms with Gasteiger partial charge in [0.2, 0.25) is 5.91 Å². The molecule has 1 saturated heterocycles. The smallest absolute Gasteiger partial charge is 0.220 e. The van der Waals surface area contributed by atoms with E-state index in [0.29, 0.717) is 37.2 Å². The zero-order valence-corrected chi connectivity index (χ0v) is 19.7. The second kappa shape index (κ2) is 14.7. The van der Waals surface area contributed by atoms with Crippen molar-refractivity contribution in [3.05, 3.63) is 23.8 Å². The van der Waals surface area contributed by atoms with Crippen molar-refractivity contribution < 1.29 is 14.3 Å². The van der Waals surface area contributed by atoms with Crippen molar-refractivity contribution in [3.63, 3.8) is 0 Å². The molecule has 1 fully saturated rings. The van der Waals surface area contributed by atoms with Gasteiger partial charge in [-0.15, -0.1) is 24.8 Å². The Labute approximate surface area is 187 Å². The number of rotatable bonds is 10. The third-order valence-corrected chi connectivity index (χ3v) is 5.21. The molecule has 2 N–H and O–H groups in total. The van der Waals surface area contributed by atoms with Crippen LogP contribution in [-0.2, 0) is 11.3 Å². The van der Waals surface area contributed by atoms with Crippen molar-refractivity contribution in [1.29, 1.82) is 0 Å². The summed E-state index contributed by atoms with van der Waals surface area (Å²) in [5.41, 5.74) is 1.01. The van der Waals surface area contributed by atoms with E-state index in [4.69, 9.17) is 9.47 Å². The van der Waals surface area contributed by atoms with E-state index >= 15 is 0 Å². The molecule has 8 heteroatoms. The van der Waals surface area contributed by atoms with Gasteiger partial charge in [0.25, 0.3) is 0 Å². The van der Waals surface area contributed by atoms with Crippen molar-refractivity contribution in [2.45, 2.75) is 32.7 Å². The first-order valence-corrected chi connectivity index (χ1v) is 9.91. The molecule has 1 heterocycles. The summed E-state index contributed by atoms with van der Waals surface area (Å²) in [6.45, 7) is 6.29. The number of nitrogens with zero attached hydrogens (tertiary/aromatic N) is 1. The molecule has 1 aromatic rings. The Morgan fingerprint density at radius 1 is 1.24 bits per heavy atom. The highest BCUT2D eigenvalue weighted by molar-refractivity contribution is 5.85. The lowest BCUT2D eigenvalue weighted by atomic mass is 9.84. The van der Waals surface area contributed by atoms with Gasteiger partial charge in [-0.2, -0.15) is 0 Å². The lowest BCUT2D eigenvalue weighted by molar-refractivity contribution is -0.122. The summed E-state index contributed by atoms with van der Waals surface area (Å²) in [5, 5.41) is 6.42. The first-order chi connectivity index (χ1) is 13.0.